The highest BCUT2D eigenvalue weighted by Gasteiger charge is 2.59. The molecule has 5 heteroatoms. The van der Waals surface area contributed by atoms with Crippen LogP contribution in [-0.4, -0.2) is 24.2 Å². The SMILES string of the molecule is CC(C)CCC[C@@H](C)[C@H]1CC[C@H]2[C@@H]3CC=C4CC(OC(=O)[C@H](C)NC(=O)OCc5ccccc5)CC[C@]4(C)[C@H]3CC[C@]12C. The lowest BCUT2D eigenvalue weighted by molar-refractivity contribution is -0.153. The largest absolute Gasteiger partial charge is 0.461 e. The van der Waals surface area contributed by atoms with Crippen LogP contribution in [0.1, 0.15) is 118 Å². The summed E-state index contributed by atoms with van der Waals surface area (Å²) in [6, 6.07) is 8.78. The average molecular weight is 592 g/mol. The van der Waals surface area contributed by atoms with Crippen molar-refractivity contribution < 1.29 is 19.1 Å². The fourth-order valence-corrected chi connectivity index (χ4v) is 10.0. The van der Waals surface area contributed by atoms with Crippen LogP contribution in [0.3, 0.4) is 0 Å². The zero-order valence-corrected chi connectivity index (χ0v) is 27.7. The number of hydrogen-bond donors (Lipinski definition) is 1. The molecular formula is C38H57NO4. The van der Waals surface area contributed by atoms with E-state index in [1.807, 2.05) is 30.3 Å². The van der Waals surface area contributed by atoms with Crippen molar-refractivity contribution in [1.29, 1.82) is 0 Å². The summed E-state index contributed by atoms with van der Waals surface area (Å²) in [6.45, 7) is 14.3. The van der Waals surface area contributed by atoms with Gasteiger partial charge in [0.1, 0.15) is 18.8 Å². The molecule has 4 aliphatic rings. The number of carbonyl (C=O) groups is 2. The van der Waals surface area contributed by atoms with Gasteiger partial charge in [0.15, 0.2) is 0 Å². The maximum Gasteiger partial charge on any atom is 0.408 e. The summed E-state index contributed by atoms with van der Waals surface area (Å²) in [6.07, 6.45) is 15.5. The number of esters is 1. The lowest BCUT2D eigenvalue weighted by atomic mass is 9.47. The molecule has 3 fully saturated rings. The second-order valence-electron chi connectivity index (χ2n) is 15.5. The fraction of sp³-hybridized carbons (Fsp3) is 0.737. The van der Waals surface area contributed by atoms with Crippen LogP contribution in [0, 0.1) is 46.3 Å². The quantitative estimate of drug-likeness (QED) is 0.218. The second kappa shape index (κ2) is 13.4. The summed E-state index contributed by atoms with van der Waals surface area (Å²) in [5.41, 5.74) is 3.14. The summed E-state index contributed by atoms with van der Waals surface area (Å²) in [5, 5.41) is 2.64. The van der Waals surface area contributed by atoms with Crippen molar-refractivity contribution >= 4 is 12.1 Å². The zero-order valence-electron chi connectivity index (χ0n) is 27.7. The molecule has 1 aromatic carbocycles. The average Bonchev–Trinajstić information content (AvgIpc) is 3.34. The van der Waals surface area contributed by atoms with Crippen LogP contribution in [0.5, 0.6) is 0 Å². The van der Waals surface area contributed by atoms with Gasteiger partial charge >= 0.3 is 12.1 Å². The lowest BCUT2D eigenvalue weighted by Gasteiger charge is -2.58. The first-order chi connectivity index (χ1) is 20.5. The number of hydrogen-bond acceptors (Lipinski definition) is 4. The molecule has 1 amide bonds. The molecule has 4 aliphatic carbocycles. The van der Waals surface area contributed by atoms with Crippen molar-refractivity contribution in [2.45, 2.75) is 131 Å². The Hall–Kier alpha value is -2.30. The van der Waals surface area contributed by atoms with Gasteiger partial charge in [-0.2, -0.15) is 0 Å². The molecule has 1 unspecified atom stereocenters. The van der Waals surface area contributed by atoms with E-state index in [2.05, 4.69) is 46.0 Å². The summed E-state index contributed by atoms with van der Waals surface area (Å²) in [7, 11) is 0. The van der Waals surface area contributed by atoms with Gasteiger partial charge in [-0.3, -0.25) is 0 Å². The molecule has 238 valence electrons. The minimum atomic E-state index is -0.750. The molecule has 0 bridgehead atoms. The number of allylic oxidation sites excluding steroid dienone is 1. The predicted molar refractivity (Wildman–Crippen MR) is 172 cm³/mol. The van der Waals surface area contributed by atoms with Gasteiger partial charge in [0, 0.05) is 6.42 Å². The second-order valence-corrected chi connectivity index (χ2v) is 15.5. The number of rotatable bonds is 10. The van der Waals surface area contributed by atoms with Crippen LogP contribution in [0.15, 0.2) is 42.0 Å². The van der Waals surface area contributed by atoms with Crippen LogP contribution < -0.4 is 5.32 Å². The smallest absolute Gasteiger partial charge is 0.408 e. The van der Waals surface area contributed by atoms with E-state index in [1.54, 1.807) is 6.92 Å². The van der Waals surface area contributed by atoms with Crippen molar-refractivity contribution in [3.8, 4) is 0 Å². The third kappa shape index (κ3) is 6.86. The van der Waals surface area contributed by atoms with Gasteiger partial charge in [-0.05, 0) is 104 Å². The van der Waals surface area contributed by atoms with Gasteiger partial charge < -0.3 is 14.8 Å². The molecule has 5 rings (SSSR count). The first-order valence-corrected chi connectivity index (χ1v) is 17.4. The third-order valence-electron chi connectivity index (χ3n) is 12.4. The van der Waals surface area contributed by atoms with E-state index in [0.717, 1.165) is 60.3 Å². The first-order valence-electron chi connectivity index (χ1n) is 17.4. The zero-order chi connectivity index (χ0) is 30.8. The molecule has 0 spiro atoms. The van der Waals surface area contributed by atoms with E-state index in [1.165, 1.54) is 56.9 Å². The molecule has 0 radical (unpaired) electrons. The van der Waals surface area contributed by atoms with Gasteiger partial charge in [0.2, 0.25) is 0 Å². The Kier molecular flexibility index (Phi) is 9.98. The highest BCUT2D eigenvalue weighted by molar-refractivity contribution is 5.81. The number of carbonyl (C=O) groups excluding carboxylic acids is 2. The minimum Gasteiger partial charge on any atom is -0.461 e. The lowest BCUT2D eigenvalue weighted by Crippen LogP contribution is -2.51. The Morgan fingerprint density at radius 2 is 1.72 bits per heavy atom. The van der Waals surface area contributed by atoms with Crippen LogP contribution in [0.25, 0.3) is 0 Å². The monoisotopic (exact) mass is 591 g/mol. The standard InChI is InChI=1S/C38H57NO4/c1-25(2)11-10-12-26(3)32-17-18-33-31-16-15-29-23-30(19-21-37(29,5)34(31)20-22-38(32,33)6)43-35(40)27(4)39-36(41)42-24-28-13-8-7-9-14-28/h7-9,13-15,25-27,30-34H,10-12,16-24H2,1-6H3,(H,39,41)/t26-,27+,30?,31+,32-,33+,34+,37+,38-/m1/s1. The number of alkyl carbamates (subject to hydrolysis) is 1. The van der Waals surface area contributed by atoms with E-state index >= 15 is 0 Å². The number of ether oxygens (including phenoxy) is 2. The Morgan fingerprint density at radius 1 is 0.953 bits per heavy atom. The van der Waals surface area contributed by atoms with E-state index in [4.69, 9.17) is 9.47 Å². The molecule has 0 saturated heterocycles. The molecule has 0 heterocycles. The summed E-state index contributed by atoms with van der Waals surface area (Å²) >= 11 is 0. The number of benzene rings is 1. The Balaban J connectivity index is 1.14. The normalized spacial score (nSPS) is 34.7. The fourth-order valence-electron chi connectivity index (χ4n) is 10.0. The third-order valence-corrected chi connectivity index (χ3v) is 12.4. The Morgan fingerprint density at radius 3 is 2.47 bits per heavy atom. The Bertz CT molecular complexity index is 1150. The summed E-state index contributed by atoms with van der Waals surface area (Å²) < 4.78 is 11.3. The van der Waals surface area contributed by atoms with Crippen molar-refractivity contribution in [2.24, 2.45) is 46.3 Å². The van der Waals surface area contributed by atoms with Crippen LogP contribution in [0.4, 0.5) is 4.79 Å². The highest BCUT2D eigenvalue weighted by Crippen LogP contribution is 2.67. The molecule has 3 saturated carbocycles. The van der Waals surface area contributed by atoms with Gasteiger partial charge in [-0.15, -0.1) is 0 Å². The summed E-state index contributed by atoms with van der Waals surface area (Å²) in [5.74, 6) is 4.54. The van der Waals surface area contributed by atoms with Gasteiger partial charge in [0.25, 0.3) is 0 Å². The van der Waals surface area contributed by atoms with Crippen LogP contribution >= 0.6 is 0 Å². The van der Waals surface area contributed by atoms with E-state index < -0.39 is 12.1 Å². The van der Waals surface area contributed by atoms with Crippen molar-refractivity contribution in [3.63, 3.8) is 0 Å². The molecule has 0 aliphatic heterocycles. The Labute approximate surface area is 260 Å². The molecule has 1 N–H and O–H groups in total. The van der Waals surface area contributed by atoms with Crippen molar-refractivity contribution in [3.05, 3.63) is 47.5 Å². The molecular weight excluding hydrogens is 534 g/mol. The number of nitrogens with one attached hydrogen (secondary N) is 1. The number of amides is 1. The summed E-state index contributed by atoms with van der Waals surface area (Å²) in [4.78, 5) is 25.2. The maximum atomic E-state index is 12.9. The molecule has 0 aromatic heterocycles. The topological polar surface area (TPSA) is 64.6 Å². The van der Waals surface area contributed by atoms with Crippen molar-refractivity contribution in [2.75, 3.05) is 0 Å². The first kappa shape index (κ1) is 32.1. The molecule has 43 heavy (non-hydrogen) atoms. The van der Waals surface area contributed by atoms with Crippen LogP contribution in [-0.2, 0) is 20.9 Å². The number of fused-ring (bicyclic) bond motifs is 5. The van der Waals surface area contributed by atoms with E-state index in [9.17, 15) is 9.59 Å². The van der Waals surface area contributed by atoms with Gasteiger partial charge in [-0.1, -0.05) is 95.9 Å². The molecule has 1 aromatic rings. The highest BCUT2D eigenvalue weighted by atomic mass is 16.6. The van der Waals surface area contributed by atoms with E-state index in [0.29, 0.717) is 5.41 Å². The predicted octanol–water partition coefficient (Wildman–Crippen LogP) is 9.25. The minimum absolute atomic E-state index is 0.121. The van der Waals surface area contributed by atoms with Crippen LogP contribution in [0.2, 0.25) is 0 Å². The van der Waals surface area contributed by atoms with Crippen molar-refractivity contribution in [1.82, 2.24) is 5.32 Å². The van der Waals surface area contributed by atoms with Gasteiger partial charge in [0.05, 0.1) is 0 Å². The molecule has 9 atom stereocenters. The molecule has 5 nitrogen and oxygen atoms in total. The van der Waals surface area contributed by atoms with Gasteiger partial charge in [-0.25, -0.2) is 9.59 Å². The maximum absolute atomic E-state index is 12.9. The van der Waals surface area contributed by atoms with E-state index in [-0.39, 0.29) is 24.1 Å².